The van der Waals surface area contributed by atoms with E-state index in [2.05, 4.69) is 142 Å². The zero-order valence-corrected chi connectivity index (χ0v) is 46.1. The van der Waals surface area contributed by atoms with Crippen molar-refractivity contribution in [1.29, 1.82) is 0 Å². The zero-order chi connectivity index (χ0) is 52.2. The summed E-state index contributed by atoms with van der Waals surface area (Å²) in [6.45, 7) is 6.28. The highest BCUT2D eigenvalue weighted by Crippen LogP contribution is 2.15. The van der Waals surface area contributed by atoms with Gasteiger partial charge in [-0.1, -0.05) is 263 Å². The summed E-state index contributed by atoms with van der Waals surface area (Å²) in [7, 11) is 0. The van der Waals surface area contributed by atoms with E-state index in [0.717, 1.165) is 96.3 Å². The van der Waals surface area contributed by atoms with Crippen LogP contribution in [-0.4, -0.2) is 37.2 Å². The maximum atomic E-state index is 12.8. The Morgan fingerprint density at radius 1 is 0.292 bits per heavy atom. The summed E-state index contributed by atoms with van der Waals surface area (Å²) in [5, 5.41) is 0. The van der Waals surface area contributed by atoms with Crippen molar-refractivity contribution < 1.29 is 28.6 Å². The molecule has 1 atom stereocenters. The second-order valence-electron chi connectivity index (χ2n) is 18.4. The molecule has 0 saturated heterocycles. The van der Waals surface area contributed by atoms with Crippen LogP contribution in [0, 0.1) is 0 Å². The molecule has 0 rings (SSSR count). The fraction of sp³-hybridized carbons (Fsp3) is 0.591. The monoisotopic (exact) mass is 993 g/mol. The van der Waals surface area contributed by atoms with Gasteiger partial charge >= 0.3 is 17.9 Å². The van der Waals surface area contributed by atoms with Crippen LogP contribution >= 0.6 is 0 Å². The van der Waals surface area contributed by atoms with Crippen LogP contribution in [0.15, 0.2) is 146 Å². The average Bonchev–Trinajstić information content (AvgIpc) is 3.38. The molecule has 6 nitrogen and oxygen atoms in total. The SMILES string of the molecule is CC/C=C/C/C=C/C/C=C/C/C=C/C/C=C/C/C=C/CCC(=O)OC[C@@H](COC(=O)CCCCCCCCCCCCCCCCCC)OC(=O)CC/C=C/C/C=C/C/C=C/C/C=C/C/C=C/C/C=C/CC. The van der Waals surface area contributed by atoms with Crippen LogP contribution in [0.2, 0.25) is 0 Å². The minimum Gasteiger partial charge on any atom is -0.462 e. The second-order valence-corrected chi connectivity index (χ2v) is 18.4. The number of ether oxygens (including phenoxy) is 3. The van der Waals surface area contributed by atoms with Gasteiger partial charge in [-0.15, -0.1) is 0 Å². The van der Waals surface area contributed by atoms with Crippen LogP contribution < -0.4 is 0 Å². The molecule has 0 heterocycles. The third-order valence-electron chi connectivity index (χ3n) is 11.6. The number of unbranched alkanes of at least 4 members (excludes halogenated alkanes) is 15. The van der Waals surface area contributed by atoms with Gasteiger partial charge in [-0.2, -0.15) is 0 Å². The number of carbonyl (C=O) groups excluding carboxylic acids is 3. The van der Waals surface area contributed by atoms with Crippen LogP contribution in [0.25, 0.3) is 0 Å². The molecule has 0 radical (unpaired) electrons. The van der Waals surface area contributed by atoms with Crippen molar-refractivity contribution in [2.75, 3.05) is 13.2 Å². The first-order valence-electron chi connectivity index (χ1n) is 28.8. The summed E-state index contributed by atoms with van der Waals surface area (Å²) in [4.78, 5) is 38.1. The molecule has 0 saturated carbocycles. The first kappa shape index (κ1) is 67.3. The fourth-order valence-electron chi connectivity index (χ4n) is 7.38. The topological polar surface area (TPSA) is 78.9 Å². The third kappa shape index (κ3) is 56.2. The zero-order valence-electron chi connectivity index (χ0n) is 46.1. The Morgan fingerprint density at radius 3 is 0.847 bits per heavy atom. The lowest BCUT2D eigenvalue weighted by Gasteiger charge is -2.18. The van der Waals surface area contributed by atoms with E-state index in [1.807, 2.05) is 24.3 Å². The van der Waals surface area contributed by atoms with Gasteiger partial charge in [0.1, 0.15) is 13.2 Å². The lowest BCUT2D eigenvalue weighted by Crippen LogP contribution is -2.30. The standard InChI is InChI=1S/C66H104O6/c1-4-7-10-13-16-19-22-25-28-31-33-35-38-41-44-47-50-53-56-59-65(68)71-62-63(61-70-64(67)58-55-52-49-46-43-40-37-30-27-24-21-18-15-12-9-6-3)72-66(69)60-57-54-51-48-45-42-39-36-34-32-29-26-23-20-17-14-11-8-5-2/h7-8,10-11,16-17,19-20,25-26,28-29,33-36,41-42,44-45,50-51,53-54,63H,4-6,9,12-15,18,21-24,27,30-32,37-40,43,46-49,52,55-62H2,1-3H3/b10-7+,11-8+,19-16+,20-17+,28-25+,29-26+,35-33+,36-34+,44-41+,45-42+,53-50+,54-51+/t63-/m1/s1. The van der Waals surface area contributed by atoms with Gasteiger partial charge in [-0.25, -0.2) is 0 Å². The van der Waals surface area contributed by atoms with Crippen molar-refractivity contribution in [3.63, 3.8) is 0 Å². The molecule has 0 spiro atoms. The largest absolute Gasteiger partial charge is 0.462 e. The molecule has 0 aromatic rings. The molecule has 0 unspecified atom stereocenters. The number of rotatable bonds is 50. The molecule has 0 aliphatic rings. The van der Waals surface area contributed by atoms with Crippen LogP contribution in [0.3, 0.4) is 0 Å². The molecule has 0 aromatic carbocycles. The molecule has 0 N–H and O–H groups in total. The van der Waals surface area contributed by atoms with Gasteiger partial charge in [-0.05, 0) is 96.3 Å². The summed E-state index contributed by atoms with van der Waals surface area (Å²) in [6, 6.07) is 0. The summed E-state index contributed by atoms with van der Waals surface area (Å²) in [5.41, 5.74) is 0. The Hall–Kier alpha value is -4.71. The highest BCUT2D eigenvalue weighted by atomic mass is 16.6. The molecule has 0 aliphatic heterocycles. The van der Waals surface area contributed by atoms with Gasteiger partial charge in [0.05, 0.1) is 0 Å². The van der Waals surface area contributed by atoms with E-state index in [0.29, 0.717) is 19.3 Å². The molecule has 404 valence electrons. The lowest BCUT2D eigenvalue weighted by atomic mass is 10.0. The highest BCUT2D eigenvalue weighted by molar-refractivity contribution is 5.71. The molecule has 0 amide bonds. The van der Waals surface area contributed by atoms with Crippen molar-refractivity contribution >= 4 is 17.9 Å². The van der Waals surface area contributed by atoms with Crippen molar-refractivity contribution in [2.45, 2.75) is 239 Å². The maximum absolute atomic E-state index is 12.8. The minimum absolute atomic E-state index is 0.135. The Labute approximate surface area is 442 Å². The number of esters is 3. The number of carbonyl (C=O) groups is 3. The first-order valence-corrected chi connectivity index (χ1v) is 28.8. The third-order valence-corrected chi connectivity index (χ3v) is 11.6. The Kier molecular flexibility index (Phi) is 55.0. The van der Waals surface area contributed by atoms with E-state index >= 15 is 0 Å². The lowest BCUT2D eigenvalue weighted by molar-refractivity contribution is -0.166. The van der Waals surface area contributed by atoms with Crippen molar-refractivity contribution in [3.05, 3.63) is 146 Å². The Morgan fingerprint density at radius 2 is 0.542 bits per heavy atom. The van der Waals surface area contributed by atoms with E-state index in [-0.39, 0.29) is 38.0 Å². The summed E-state index contributed by atoms with van der Waals surface area (Å²) in [6.07, 6.45) is 84.3. The summed E-state index contributed by atoms with van der Waals surface area (Å²) in [5.74, 6) is -1.11. The Bertz CT molecular complexity index is 1610. The smallest absolute Gasteiger partial charge is 0.306 e. The molecular formula is C66H104O6. The van der Waals surface area contributed by atoms with E-state index in [1.165, 1.54) is 83.5 Å². The van der Waals surface area contributed by atoms with Gasteiger partial charge in [0.25, 0.3) is 0 Å². The molecule has 6 heteroatoms. The van der Waals surface area contributed by atoms with E-state index in [1.54, 1.807) is 0 Å². The first-order chi connectivity index (χ1) is 35.5. The van der Waals surface area contributed by atoms with Gasteiger partial charge < -0.3 is 14.2 Å². The van der Waals surface area contributed by atoms with Crippen LogP contribution in [0.1, 0.15) is 233 Å². The molecule has 0 aromatic heterocycles. The number of allylic oxidation sites excluding steroid dienone is 24. The number of hydrogen-bond acceptors (Lipinski definition) is 6. The molecule has 72 heavy (non-hydrogen) atoms. The van der Waals surface area contributed by atoms with Gasteiger partial charge in [0.2, 0.25) is 0 Å². The van der Waals surface area contributed by atoms with E-state index in [9.17, 15) is 14.4 Å². The minimum atomic E-state index is -0.854. The summed E-state index contributed by atoms with van der Waals surface area (Å²) >= 11 is 0. The maximum Gasteiger partial charge on any atom is 0.306 e. The highest BCUT2D eigenvalue weighted by Gasteiger charge is 2.19. The van der Waals surface area contributed by atoms with Crippen LogP contribution in [0.4, 0.5) is 0 Å². The predicted octanol–water partition coefficient (Wildman–Crippen LogP) is 19.6. The molecule has 0 aliphatic carbocycles. The molecule has 0 bridgehead atoms. The van der Waals surface area contributed by atoms with Crippen molar-refractivity contribution in [2.24, 2.45) is 0 Å². The van der Waals surface area contributed by atoms with Crippen LogP contribution in [-0.2, 0) is 28.6 Å². The average molecular weight is 994 g/mol. The van der Waals surface area contributed by atoms with E-state index < -0.39 is 12.1 Å². The molecular weight excluding hydrogens is 889 g/mol. The van der Waals surface area contributed by atoms with E-state index in [4.69, 9.17) is 14.2 Å². The van der Waals surface area contributed by atoms with Crippen molar-refractivity contribution in [3.8, 4) is 0 Å². The second kappa shape index (κ2) is 58.9. The fourth-order valence-corrected chi connectivity index (χ4v) is 7.38. The normalized spacial score (nSPS) is 13.2. The van der Waals surface area contributed by atoms with Gasteiger partial charge in [0, 0.05) is 19.3 Å². The van der Waals surface area contributed by atoms with Gasteiger partial charge in [-0.3, -0.25) is 14.4 Å². The van der Waals surface area contributed by atoms with Crippen molar-refractivity contribution in [1.82, 2.24) is 0 Å². The molecule has 0 fully saturated rings. The number of hydrogen-bond donors (Lipinski definition) is 0. The quantitative estimate of drug-likeness (QED) is 0.0261. The predicted molar refractivity (Wildman–Crippen MR) is 311 cm³/mol. The van der Waals surface area contributed by atoms with Crippen LogP contribution in [0.5, 0.6) is 0 Å². The van der Waals surface area contributed by atoms with Gasteiger partial charge in [0.15, 0.2) is 6.10 Å². The summed E-state index contributed by atoms with van der Waals surface area (Å²) < 4.78 is 16.7. The Balaban J connectivity index is 4.63.